The Bertz CT molecular complexity index is 1420. The van der Waals surface area contributed by atoms with Crippen LogP contribution in [0, 0.1) is 13.8 Å². The minimum atomic E-state index is -0.382. The molecule has 0 spiro atoms. The lowest BCUT2D eigenvalue weighted by molar-refractivity contribution is 0.102. The molecule has 0 atom stereocenters. The van der Waals surface area contributed by atoms with E-state index in [1.165, 1.54) is 4.68 Å². The van der Waals surface area contributed by atoms with Crippen LogP contribution >= 0.6 is 12.2 Å². The number of aryl methyl sites for hydroxylation is 1. The van der Waals surface area contributed by atoms with Crippen molar-refractivity contribution in [2.45, 2.75) is 13.8 Å². The number of anilines is 3. The molecular formula is C26H25N5O2S. The van der Waals surface area contributed by atoms with Crippen molar-refractivity contribution in [2.24, 2.45) is 7.05 Å². The predicted octanol–water partition coefficient (Wildman–Crippen LogP) is 4.85. The van der Waals surface area contributed by atoms with Gasteiger partial charge in [-0.05, 0) is 68.0 Å². The van der Waals surface area contributed by atoms with Crippen LogP contribution in [-0.2, 0) is 7.05 Å². The van der Waals surface area contributed by atoms with E-state index in [-0.39, 0.29) is 17.2 Å². The number of nitrogens with one attached hydrogen (secondary N) is 3. The van der Waals surface area contributed by atoms with Crippen molar-refractivity contribution in [2.75, 3.05) is 16.0 Å². The molecule has 8 heteroatoms. The van der Waals surface area contributed by atoms with Gasteiger partial charge in [0, 0.05) is 24.0 Å². The molecule has 1 aromatic heterocycles. The molecule has 4 rings (SSSR count). The summed E-state index contributed by atoms with van der Waals surface area (Å²) >= 11 is 5.42. The summed E-state index contributed by atoms with van der Waals surface area (Å²) in [6.07, 6.45) is 0. The molecule has 0 aliphatic rings. The van der Waals surface area contributed by atoms with Crippen molar-refractivity contribution in [1.29, 1.82) is 0 Å². The number of carbonyl (C=O) groups excluding carboxylic acids is 1. The van der Waals surface area contributed by atoms with Crippen LogP contribution in [-0.4, -0.2) is 20.4 Å². The topological polar surface area (TPSA) is 80.1 Å². The summed E-state index contributed by atoms with van der Waals surface area (Å²) < 4.78 is 3.25. The van der Waals surface area contributed by atoms with E-state index in [1.54, 1.807) is 36.9 Å². The van der Waals surface area contributed by atoms with Crippen LogP contribution in [0.25, 0.3) is 5.69 Å². The van der Waals surface area contributed by atoms with Crippen molar-refractivity contribution >= 4 is 40.3 Å². The summed E-state index contributed by atoms with van der Waals surface area (Å²) in [5, 5.41) is 9.46. The number of aromatic nitrogens is 2. The molecule has 0 aliphatic heterocycles. The molecule has 34 heavy (non-hydrogen) atoms. The molecule has 0 bridgehead atoms. The van der Waals surface area contributed by atoms with Gasteiger partial charge in [-0.2, -0.15) is 0 Å². The maximum Gasteiger partial charge on any atom is 0.295 e. The fraction of sp³-hybridized carbons (Fsp3) is 0.115. The zero-order valence-corrected chi connectivity index (χ0v) is 19.9. The van der Waals surface area contributed by atoms with Crippen LogP contribution in [0.2, 0.25) is 0 Å². The Morgan fingerprint density at radius 1 is 0.853 bits per heavy atom. The van der Waals surface area contributed by atoms with E-state index in [0.717, 1.165) is 16.9 Å². The van der Waals surface area contributed by atoms with Crippen LogP contribution in [0.3, 0.4) is 0 Å². The minimum Gasteiger partial charge on any atom is -0.332 e. The van der Waals surface area contributed by atoms with Gasteiger partial charge in [0.05, 0.1) is 11.4 Å². The third-order valence-corrected chi connectivity index (χ3v) is 5.77. The Morgan fingerprint density at radius 2 is 1.56 bits per heavy atom. The van der Waals surface area contributed by atoms with Crippen molar-refractivity contribution in [3.63, 3.8) is 0 Å². The lowest BCUT2D eigenvalue weighted by atomic mass is 10.2. The molecule has 3 aromatic carbocycles. The van der Waals surface area contributed by atoms with Crippen LogP contribution in [0.4, 0.5) is 17.1 Å². The van der Waals surface area contributed by atoms with Crippen LogP contribution < -0.4 is 21.5 Å². The molecule has 1 heterocycles. The van der Waals surface area contributed by atoms with Gasteiger partial charge in [-0.3, -0.25) is 14.3 Å². The third kappa shape index (κ3) is 4.77. The first-order valence-corrected chi connectivity index (χ1v) is 11.1. The van der Waals surface area contributed by atoms with Crippen molar-refractivity contribution < 1.29 is 4.79 Å². The zero-order chi connectivity index (χ0) is 24.2. The summed E-state index contributed by atoms with van der Waals surface area (Å²) in [7, 11) is 1.78. The number of carbonyl (C=O) groups is 1. The number of nitrogens with zero attached hydrogens (tertiary/aromatic N) is 2. The Hall–Kier alpha value is -4.17. The van der Waals surface area contributed by atoms with Gasteiger partial charge in [0.1, 0.15) is 5.69 Å². The maximum atomic E-state index is 13.1. The molecule has 7 nitrogen and oxygen atoms in total. The first-order chi connectivity index (χ1) is 16.3. The van der Waals surface area contributed by atoms with Gasteiger partial charge in [-0.25, -0.2) is 4.68 Å². The number of rotatable bonds is 5. The number of para-hydroxylation sites is 2. The number of amides is 1. The second-order valence-electron chi connectivity index (χ2n) is 7.87. The standard InChI is InChI=1S/C26H25N5O2S/c1-17-10-7-8-15-22(17)28-26(34)27-20-12-9-11-19(16-20)24(32)29-23-18(2)30(3)31(25(23)33)21-13-5-4-6-14-21/h4-16H,1-3H3,(H,29,32)(H2,27,28,34). The van der Waals surface area contributed by atoms with E-state index < -0.39 is 0 Å². The number of hydrogen-bond donors (Lipinski definition) is 3. The monoisotopic (exact) mass is 471 g/mol. The summed E-state index contributed by atoms with van der Waals surface area (Å²) in [4.78, 5) is 26.1. The van der Waals surface area contributed by atoms with E-state index in [2.05, 4.69) is 16.0 Å². The van der Waals surface area contributed by atoms with Gasteiger partial charge in [0.2, 0.25) is 0 Å². The summed E-state index contributed by atoms with van der Waals surface area (Å²) in [6.45, 7) is 3.79. The minimum absolute atomic E-state index is 0.242. The van der Waals surface area contributed by atoms with Gasteiger partial charge in [-0.15, -0.1) is 0 Å². The summed E-state index contributed by atoms with van der Waals surface area (Å²) in [6, 6.07) is 24.1. The molecule has 0 saturated heterocycles. The lowest BCUT2D eigenvalue weighted by Crippen LogP contribution is -2.23. The average molecular weight is 472 g/mol. The van der Waals surface area contributed by atoms with E-state index >= 15 is 0 Å². The fourth-order valence-electron chi connectivity index (χ4n) is 3.63. The Labute approximate surface area is 203 Å². The number of thiocarbonyl (C=S) groups is 1. The second kappa shape index (κ2) is 9.76. The highest BCUT2D eigenvalue weighted by Gasteiger charge is 2.19. The lowest BCUT2D eigenvalue weighted by Gasteiger charge is -2.13. The third-order valence-electron chi connectivity index (χ3n) is 5.57. The molecule has 3 N–H and O–H groups in total. The molecule has 0 unspecified atom stereocenters. The highest BCUT2D eigenvalue weighted by atomic mass is 32.1. The Morgan fingerprint density at radius 3 is 2.29 bits per heavy atom. The summed E-state index contributed by atoms with van der Waals surface area (Å²) in [5.41, 5.74) is 4.36. The highest BCUT2D eigenvalue weighted by Crippen LogP contribution is 2.18. The van der Waals surface area contributed by atoms with Crippen LogP contribution in [0.5, 0.6) is 0 Å². The fourth-order valence-corrected chi connectivity index (χ4v) is 3.86. The number of benzene rings is 3. The van der Waals surface area contributed by atoms with Gasteiger partial charge < -0.3 is 16.0 Å². The Balaban J connectivity index is 1.52. The molecule has 0 aliphatic carbocycles. The smallest absolute Gasteiger partial charge is 0.295 e. The van der Waals surface area contributed by atoms with Crippen molar-refractivity contribution in [1.82, 2.24) is 9.36 Å². The molecule has 1 amide bonds. The van der Waals surface area contributed by atoms with E-state index in [9.17, 15) is 9.59 Å². The first kappa shape index (κ1) is 23.0. The van der Waals surface area contributed by atoms with Gasteiger partial charge in [0.15, 0.2) is 5.11 Å². The number of hydrogen-bond acceptors (Lipinski definition) is 3. The molecule has 0 radical (unpaired) electrons. The van der Waals surface area contributed by atoms with Gasteiger partial charge in [-0.1, -0.05) is 42.5 Å². The van der Waals surface area contributed by atoms with Crippen LogP contribution in [0.1, 0.15) is 21.6 Å². The molecule has 172 valence electrons. The van der Waals surface area contributed by atoms with E-state index in [4.69, 9.17) is 12.2 Å². The molecule has 0 fully saturated rings. The van der Waals surface area contributed by atoms with Crippen LogP contribution in [0.15, 0.2) is 83.7 Å². The largest absolute Gasteiger partial charge is 0.332 e. The SMILES string of the molecule is Cc1ccccc1NC(=S)Nc1cccc(C(=O)Nc2c(C)n(C)n(-c3ccccc3)c2=O)c1. The normalized spacial score (nSPS) is 10.6. The second-order valence-corrected chi connectivity index (χ2v) is 8.27. The maximum absolute atomic E-state index is 13.1. The quantitative estimate of drug-likeness (QED) is 0.363. The van der Waals surface area contributed by atoms with Crippen molar-refractivity contribution in [3.05, 3.63) is 106 Å². The molecule has 0 saturated carbocycles. The van der Waals surface area contributed by atoms with Crippen molar-refractivity contribution in [3.8, 4) is 5.69 Å². The van der Waals surface area contributed by atoms with Gasteiger partial charge in [0.25, 0.3) is 11.5 Å². The molecular weight excluding hydrogens is 446 g/mol. The van der Waals surface area contributed by atoms with E-state index in [1.807, 2.05) is 67.6 Å². The van der Waals surface area contributed by atoms with E-state index in [0.29, 0.717) is 22.1 Å². The predicted molar refractivity (Wildman–Crippen MR) is 141 cm³/mol. The summed E-state index contributed by atoms with van der Waals surface area (Å²) in [5.74, 6) is -0.382. The highest BCUT2D eigenvalue weighted by molar-refractivity contribution is 7.80. The zero-order valence-electron chi connectivity index (χ0n) is 19.1. The Kier molecular flexibility index (Phi) is 6.60. The first-order valence-electron chi connectivity index (χ1n) is 10.7. The average Bonchev–Trinajstić information content (AvgIpc) is 3.04. The molecule has 4 aromatic rings. The van der Waals surface area contributed by atoms with Gasteiger partial charge >= 0.3 is 0 Å².